The van der Waals surface area contributed by atoms with Crippen molar-refractivity contribution in [2.75, 3.05) is 5.75 Å². The van der Waals surface area contributed by atoms with E-state index in [1.807, 2.05) is 0 Å². The summed E-state index contributed by atoms with van der Waals surface area (Å²) >= 11 is 0. The Balaban J connectivity index is 1.97. The minimum absolute atomic E-state index is 0.124. The van der Waals surface area contributed by atoms with Gasteiger partial charge < -0.3 is 10.4 Å². The van der Waals surface area contributed by atoms with Crippen LogP contribution in [0.5, 0.6) is 0 Å². The second kappa shape index (κ2) is 4.77. The second-order valence-corrected chi connectivity index (χ2v) is 8.12. The zero-order chi connectivity index (χ0) is 14.3. The van der Waals surface area contributed by atoms with E-state index in [0.29, 0.717) is 12.8 Å². The van der Waals surface area contributed by atoms with Gasteiger partial charge in [-0.1, -0.05) is 0 Å². The molecule has 0 aromatic carbocycles. The molecular weight excluding hydrogens is 270 g/mol. The van der Waals surface area contributed by atoms with E-state index in [4.69, 9.17) is 5.11 Å². The molecule has 0 aromatic rings. The SMILES string of the molecule is CC(C(=O)NC1CC1)S(=O)(=O)CC1(CC(=O)O)CC1. The summed E-state index contributed by atoms with van der Waals surface area (Å²) in [4.78, 5) is 22.5. The summed E-state index contributed by atoms with van der Waals surface area (Å²) in [5.74, 6) is -1.65. The quantitative estimate of drug-likeness (QED) is 0.703. The number of carbonyl (C=O) groups is 2. The van der Waals surface area contributed by atoms with Gasteiger partial charge in [-0.2, -0.15) is 0 Å². The first-order valence-corrected chi connectivity index (χ1v) is 8.19. The van der Waals surface area contributed by atoms with Crippen molar-refractivity contribution >= 4 is 21.7 Å². The van der Waals surface area contributed by atoms with E-state index in [-0.39, 0.29) is 18.2 Å². The molecular formula is C12H19NO5S. The molecule has 1 amide bonds. The minimum Gasteiger partial charge on any atom is -0.481 e. The first-order chi connectivity index (χ1) is 8.74. The van der Waals surface area contributed by atoms with Crippen molar-refractivity contribution in [1.29, 1.82) is 0 Å². The van der Waals surface area contributed by atoms with Gasteiger partial charge in [0.05, 0.1) is 12.2 Å². The maximum atomic E-state index is 12.2. The summed E-state index contributed by atoms with van der Waals surface area (Å²) < 4.78 is 24.3. The van der Waals surface area contributed by atoms with Crippen molar-refractivity contribution < 1.29 is 23.1 Å². The van der Waals surface area contributed by atoms with Crippen LogP contribution in [-0.2, 0) is 19.4 Å². The highest BCUT2D eigenvalue weighted by molar-refractivity contribution is 7.92. The third kappa shape index (κ3) is 3.68. The van der Waals surface area contributed by atoms with E-state index in [1.54, 1.807) is 0 Å². The van der Waals surface area contributed by atoms with Crippen molar-refractivity contribution in [2.24, 2.45) is 5.41 Å². The van der Waals surface area contributed by atoms with Crippen molar-refractivity contribution in [3.8, 4) is 0 Å². The molecule has 0 heterocycles. The summed E-state index contributed by atoms with van der Waals surface area (Å²) in [7, 11) is -3.59. The number of sulfone groups is 1. The Kier molecular flexibility index (Phi) is 3.59. The van der Waals surface area contributed by atoms with Gasteiger partial charge in [-0.25, -0.2) is 8.42 Å². The standard InChI is InChI=1S/C12H19NO5S/c1-8(11(16)13-9-2-3-9)19(17,18)7-12(4-5-12)6-10(14)15/h8-9H,2-7H2,1H3,(H,13,16)(H,14,15). The van der Waals surface area contributed by atoms with Crippen molar-refractivity contribution in [1.82, 2.24) is 5.32 Å². The smallest absolute Gasteiger partial charge is 0.303 e. The van der Waals surface area contributed by atoms with Gasteiger partial charge in [0, 0.05) is 6.04 Å². The van der Waals surface area contributed by atoms with Gasteiger partial charge in [0.25, 0.3) is 0 Å². The Morgan fingerprint density at radius 2 is 1.95 bits per heavy atom. The van der Waals surface area contributed by atoms with Crippen LogP contribution in [-0.4, -0.2) is 42.4 Å². The molecule has 2 rings (SSSR count). The fraction of sp³-hybridized carbons (Fsp3) is 0.833. The average Bonchev–Trinajstić information content (AvgIpc) is 3.15. The van der Waals surface area contributed by atoms with Crippen LogP contribution in [0.4, 0.5) is 0 Å². The third-order valence-electron chi connectivity index (χ3n) is 3.82. The first-order valence-electron chi connectivity index (χ1n) is 6.48. The highest BCUT2D eigenvalue weighted by Crippen LogP contribution is 2.50. The molecule has 19 heavy (non-hydrogen) atoms. The van der Waals surface area contributed by atoms with Crippen molar-refractivity contribution in [3.05, 3.63) is 0 Å². The highest BCUT2D eigenvalue weighted by atomic mass is 32.2. The van der Waals surface area contributed by atoms with Crippen LogP contribution >= 0.6 is 0 Å². The predicted octanol–water partition coefficient (Wildman–Crippen LogP) is 0.323. The highest BCUT2D eigenvalue weighted by Gasteiger charge is 2.49. The van der Waals surface area contributed by atoms with Gasteiger partial charge >= 0.3 is 5.97 Å². The van der Waals surface area contributed by atoms with E-state index < -0.39 is 32.4 Å². The zero-order valence-electron chi connectivity index (χ0n) is 10.9. The molecule has 2 fully saturated rings. The van der Waals surface area contributed by atoms with Gasteiger partial charge in [-0.05, 0) is 38.0 Å². The molecule has 0 aromatic heterocycles. The Labute approximate surface area is 112 Å². The number of hydrogen-bond donors (Lipinski definition) is 2. The molecule has 0 aliphatic heterocycles. The molecule has 0 radical (unpaired) electrons. The number of carbonyl (C=O) groups excluding carboxylic acids is 1. The molecule has 108 valence electrons. The fourth-order valence-corrected chi connectivity index (χ4v) is 4.02. The molecule has 2 saturated carbocycles. The average molecular weight is 289 g/mol. The minimum atomic E-state index is -3.59. The normalized spacial score (nSPS) is 22.6. The van der Waals surface area contributed by atoms with E-state index >= 15 is 0 Å². The summed E-state index contributed by atoms with van der Waals surface area (Å²) in [6.07, 6.45) is 2.89. The fourth-order valence-electron chi connectivity index (χ4n) is 2.13. The van der Waals surface area contributed by atoms with E-state index in [9.17, 15) is 18.0 Å². The molecule has 2 aliphatic carbocycles. The number of amides is 1. The Morgan fingerprint density at radius 3 is 2.37 bits per heavy atom. The molecule has 0 spiro atoms. The van der Waals surface area contributed by atoms with Crippen LogP contribution in [0.3, 0.4) is 0 Å². The summed E-state index contributed by atoms with van der Waals surface area (Å²) in [6.45, 7) is 1.38. The van der Waals surface area contributed by atoms with Gasteiger partial charge in [-0.3, -0.25) is 9.59 Å². The zero-order valence-corrected chi connectivity index (χ0v) is 11.7. The lowest BCUT2D eigenvalue weighted by molar-refractivity contribution is -0.138. The summed E-state index contributed by atoms with van der Waals surface area (Å²) in [6, 6.07) is 0.124. The largest absolute Gasteiger partial charge is 0.481 e. The van der Waals surface area contributed by atoms with Crippen LogP contribution < -0.4 is 5.32 Å². The third-order valence-corrected chi connectivity index (χ3v) is 6.13. The maximum absolute atomic E-state index is 12.2. The van der Waals surface area contributed by atoms with E-state index in [1.165, 1.54) is 6.92 Å². The van der Waals surface area contributed by atoms with Gasteiger partial charge in [-0.15, -0.1) is 0 Å². The van der Waals surface area contributed by atoms with E-state index in [0.717, 1.165) is 12.8 Å². The Morgan fingerprint density at radius 1 is 1.37 bits per heavy atom. The molecule has 2 aliphatic rings. The van der Waals surface area contributed by atoms with Crippen LogP contribution in [0, 0.1) is 5.41 Å². The van der Waals surface area contributed by atoms with Crippen LogP contribution in [0.1, 0.15) is 39.0 Å². The number of carboxylic acid groups (broad SMARTS) is 1. The lowest BCUT2D eigenvalue weighted by atomic mass is 10.1. The lowest BCUT2D eigenvalue weighted by Gasteiger charge is -2.17. The van der Waals surface area contributed by atoms with Crippen LogP contribution in [0.15, 0.2) is 0 Å². The molecule has 0 bridgehead atoms. The summed E-state index contributed by atoms with van der Waals surface area (Å²) in [5.41, 5.74) is -0.640. The number of carboxylic acids is 1. The number of rotatable bonds is 7. The maximum Gasteiger partial charge on any atom is 0.303 e. The van der Waals surface area contributed by atoms with Gasteiger partial charge in [0.1, 0.15) is 5.25 Å². The molecule has 7 heteroatoms. The number of nitrogens with one attached hydrogen (secondary N) is 1. The van der Waals surface area contributed by atoms with Crippen molar-refractivity contribution in [2.45, 2.75) is 50.3 Å². The molecule has 2 N–H and O–H groups in total. The molecule has 1 atom stereocenters. The van der Waals surface area contributed by atoms with Crippen molar-refractivity contribution in [3.63, 3.8) is 0 Å². The predicted molar refractivity (Wildman–Crippen MR) is 68.3 cm³/mol. The molecule has 1 unspecified atom stereocenters. The Hall–Kier alpha value is -1.11. The van der Waals surface area contributed by atoms with E-state index in [2.05, 4.69) is 5.32 Å². The monoisotopic (exact) mass is 289 g/mol. The second-order valence-electron chi connectivity index (χ2n) is 5.80. The van der Waals surface area contributed by atoms with Crippen LogP contribution in [0.25, 0.3) is 0 Å². The number of aliphatic carboxylic acids is 1. The molecule has 6 nitrogen and oxygen atoms in total. The lowest BCUT2D eigenvalue weighted by Crippen LogP contribution is -2.41. The Bertz CT molecular complexity index is 490. The summed E-state index contributed by atoms with van der Waals surface area (Å²) in [5, 5.41) is 10.4. The molecule has 0 saturated heterocycles. The number of hydrogen-bond acceptors (Lipinski definition) is 4. The first kappa shape index (κ1) is 14.3. The topological polar surface area (TPSA) is 101 Å². The van der Waals surface area contributed by atoms with Gasteiger partial charge in [0.15, 0.2) is 9.84 Å². The van der Waals surface area contributed by atoms with Crippen LogP contribution in [0.2, 0.25) is 0 Å². The van der Waals surface area contributed by atoms with Gasteiger partial charge in [0.2, 0.25) is 5.91 Å².